The fourth-order valence-electron chi connectivity index (χ4n) is 2.11. The molecule has 0 saturated carbocycles. The monoisotopic (exact) mass is 222 g/mol. The molecule has 0 fully saturated rings. The second-order valence-electron chi connectivity index (χ2n) is 5.85. The lowest BCUT2D eigenvalue weighted by molar-refractivity contribution is 0.624. The van der Waals surface area contributed by atoms with E-state index in [0.717, 1.165) is 6.42 Å². The highest BCUT2D eigenvalue weighted by atomic mass is 14.2. The van der Waals surface area contributed by atoms with Gasteiger partial charge in [0.05, 0.1) is 7.85 Å². The summed E-state index contributed by atoms with van der Waals surface area (Å²) in [6.07, 6.45) is 18.3. The number of allylic oxidation sites excluding steroid dienone is 10. The summed E-state index contributed by atoms with van der Waals surface area (Å²) in [5.41, 5.74) is 2.61. The molecule has 0 N–H and O–H groups in total. The minimum Gasteiger partial charge on any atom is -0.0864 e. The normalized spacial score (nSPS) is 32.6. The van der Waals surface area contributed by atoms with Crippen LogP contribution < -0.4 is 0 Å². The van der Waals surface area contributed by atoms with Gasteiger partial charge in [-0.1, -0.05) is 69.4 Å². The molecule has 0 aliphatic heterocycles. The fourth-order valence-corrected chi connectivity index (χ4v) is 2.11. The van der Waals surface area contributed by atoms with Crippen molar-refractivity contribution in [3.8, 4) is 0 Å². The molecule has 0 aromatic rings. The number of hydrogen-bond acceptors (Lipinski definition) is 0. The third kappa shape index (κ3) is 3.12. The topological polar surface area (TPSA) is 0 Å². The standard InChI is InChI=1S/C16H19B/c1-15(2)9-4-6-13-7-5-10-16(3,17)11-8-14(13)12-15/h4-9,11-12H,10H2,1-3H3/b7-5?,11-8-. The fraction of sp³-hybridized carbons (Fsp3) is 0.375. The van der Waals surface area contributed by atoms with E-state index in [1.807, 2.05) is 0 Å². The van der Waals surface area contributed by atoms with Crippen LogP contribution in [0.4, 0.5) is 0 Å². The maximum Gasteiger partial charge on any atom is 0.0802 e. The largest absolute Gasteiger partial charge is 0.0864 e. The predicted octanol–water partition coefficient (Wildman–Crippen LogP) is 4.30. The molecule has 0 amide bonds. The van der Waals surface area contributed by atoms with Gasteiger partial charge in [-0.25, -0.2) is 0 Å². The second-order valence-corrected chi connectivity index (χ2v) is 5.85. The van der Waals surface area contributed by atoms with Crippen LogP contribution in [0, 0.1) is 5.41 Å². The van der Waals surface area contributed by atoms with Crippen LogP contribution in [0.1, 0.15) is 27.2 Å². The average Bonchev–Trinajstić information content (AvgIpc) is 2.33. The Bertz CT molecular complexity index is 454. The molecule has 0 nitrogen and oxygen atoms in total. The third-order valence-electron chi connectivity index (χ3n) is 3.16. The predicted molar refractivity (Wildman–Crippen MR) is 76.1 cm³/mol. The summed E-state index contributed by atoms with van der Waals surface area (Å²) in [5, 5.41) is -0.243. The summed E-state index contributed by atoms with van der Waals surface area (Å²) < 4.78 is 0. The molecule has 1 atom stereocenters. The minimum atomic E-state index is -0.243. The molecule has 1 unspecified atom stereocenters. The Morgan fingerprint density at radius 3 is 2.59 bits per heavy atom. The first-order valence-corrected chi connectivity index (χ1v) is 6.15. The first-order chi connectivity index (χ1) is 7.88. The molecule has 0 heterocycles. The molecule has 0 bridgehead atoms. The van der Waals surface area contributed by atoms with Crippen LogP contribution in [0.25, 0.3) is 0 Å². The highest BCUT2D eigenvalue weighted by molar-refractivity contribution is 6.16. The minimum absolute atomic E-state index is 0.0932. The van der Waals surface area contributed by atoms with Gasteiger partial charge in [0, 0.05) is 5.41 Å². The molecule has 1 heteroatoms. The van der Waals surface area contributed by atoms with E-state index in [0.29, 0.717) is 0 Å². The van der Waals surface area contributed by atoms with Crippen molar-refractivity contribution in [2.24, 2.45) is 5.41 Å². The molecule has 0 aromatic heterocycles. The van der Waals surface area contributed by atoms with Crippen LogP contribution in [0.15, 0.2) is 59.8 Å². The molecular formula is C16H19B. The average molecular weight is 222 g/mol. The maximum absolute atomic E-state index is 6.18. The van der Waals surface area contributed by atoms with Crippen LogP contribution >= 0.6 is 0 Å². The van der Waals surface area contributed by atoms with Gasteiger partial charge in [-0.15, -0.1) is 0 Å². The van der Waals surface area contributed by atoms with Crippen molar-refractivity contribution in [2.75, 3.05) is 0 Å². The number of rotatable bonds is 0. The molecule has 0 aromatic carbocycles. The van der Waals surface area contributed by atoms with E-state index in [4.69, 9.17) is 7.85 Å². The first-order valence-electron chi connectivity index (χ1n) is 6.15. The quantitative estimate of drug-likeness (QED) is 0.536. The highest BCUT2D eigenvalue weighted by Gasteiger charge is 2.17. The van der Waals surface area contributed by atoms with Crippen molar-refractivity contribution in [1.82, 2.24) is 0 Å². The van der Waals surface area contributed by atoms with E-state index >= 15 is 0 Å². The molecule has 0 saturated heterocycles. The molecule has 0 spiro atoms. The van der Waals surface area contributed by atoms with Gasteiger partial charge in [0.1, 0.15) is 0 Å². The summed E-state index contributed by atoms with van der Waals surface area (Å²) >= 11 is 0. The van der Waals surface area contributed by atoms with Crippen molar-refractivity contribution in [3.05, 3.63) is 59.8 Å². The SMILES string of the molecule is [B]C1(C)/C=C\C2=CC(C)(C)C=CC=C2C=CC1. The van der Waals surface area contributed by atoms with E-state index in [9.17, 15) is 0 Å². The Labute approximate surface area is 106 Å². The van der Waals surface area contributed by atoms with E-state index in [1.165, 1.54) is 11.1 Å². The van der Waals surface area contributed by atoms with Gasteiger partial charge in [-0.3, -0.25) is 0 Å². The van der Waals surface area contributed by atoms with Gasteiger partial charge in [0.15, 0.2) is 0 Å². The molecule has 2 radical (unpaired) electrons. The van der Waals surface area contributed by atoms with Gasteiger partial charge < -0.3 is 0 Å². The van der Waals surface area contributed by atoms with E-state index in [2.05, 4.69) is 69.4 Å². The molecule has 2 aliphatic carbocycles. The van der Waals surface area contributed by atoms with Gasteiger partial charge in [0.2, 0.25) is 0 Å². The Balaban J connectivity index is 2.45. The molecular weight excluding hydrogens is 203 g/mol. The summed E-state index contributed by atoms with van der Waals surface area (Å²) in [4.78, 5) is 0. The Kier molecular flexibility index (Phi) is 3.03. The maximum atomic E-state index is 6.18. The zero-order chi connectivity index (χ0) is 12.5. The van der Waals surface area contributed by atoms with Crippen molar-refractivity contribution in [3.63, 3.8) is 0 Å². The van der Waals surface area contributed by atoms with Gasteiger partial charge >= 0.3 is 0 Å². The molecule has 2 rings (SSSR count). The lowest BCUT2D eigenvalue weighted by Crippen LogP contribution is -2.06. The van der Waals surface area contributed by atoms with Crippen LogP contribution in [0.5, 0.6) is 0 Å². The van der Waals surface area contributed by atoms with Crippen LogP contribution in [-0.2, 0) is 0 Å². The smallest absolute Gasteiger partial charge is 0.0802 e. The van der Waals surface area contributed by atoms with Crippen LogP contribution in [0.2, 0.25) is 5.31 Å². The summed E-state index contributed by atoms with van der Waals surface area (Å²) in [6.45, 7) is 6.49. The molecule has 2 aliphatic rings. The Hall–Kier alpha value is -1.24. The lowest BCUT2D eigenvalue weighted by atomic mass is 9.67. The second kappa shape index (κ2) is 4.21. The van der Waals surface area contributed by atoms with E-state index in [1.54, 1.807) is 0 Å². The summed E-state index contributed by atoms with van der Waals surface area (Å²) in [7, 11) is 6.18. The number of fused-ring (bicyclic) bond motifs is 1. The van der Waals surface area contributed by atoms with Crippen LogP contribution in [0.3, 0.4) is 0 Å². The first kappa shape index (κ1) is 12.2. The highest BCUT2D eigenvalue weighted by Crippen LogP contribution is 2.34. The van der Waals surface area contributed by atoms with Crippen molar-refractivity contribution in [2.45, 2.75) is 32.5 Å². The van der Waals surface area contributed by atoms with Gasteiger partial charge in [0.25, 0.3) is 0 Å². The van der Waals surface area contributed by atoms with E-state index in [-0.39, 0.29) is 10.7 Å². The van der Waals surface area contributed by atoms with E-state index < -0.39 is 0 Å². The van der Waals surface area contributed by atoms with Gasteiger partial charge in [-0.2, -0.15) is 0 Å². The summed E-state index contributed by atoms with van der Waals surface area (Å²) in [5.74, 6) is 0. The van der Waals surface area contributed by atoms with Crippen molar-refractivity contribution < 1.29 is 0 Å². The zero-order valence-electron chi connectivity index (χ0n) is 10.9. The summed E-state index contributed by atoms with van der Waals surface area (Å²) in [6, 6.07) is 0. The van der Waals surface area contributed by atoms with Gasteiger partial charge in [-0.05, 0) is 22.9 Å². The number of hydrogen-bond donors (Lipinski definition) is 0. The lowest BCUT2D eigenvalue weighted by Gasteiger charge is -2.22. The van der Waals surface area contributed by atoms with Crippen molar-refractivity contribution in [1.29, 1.82) is 0 Å². The Morgan fingerprint density at radius 2 is 1.82 bits per heavy atom. The van der Waals surface area contributed by atoms with Crippen LogP contribution in [-0.4, -0.2) is 7.85 Å². The van der Waals surface area contributed by atoms with Crippen molar-refractivity contribution >= 4 is 7.85 Å². The molecule has 86 valence electrons. The zero-order valence-corrected chi connectivity index (χ0v) is 10.9. The Morgan fingerprint density at radius 1 is 1.06 bits per heavy atom. The third-order valence-corrected chi connectivity index (χ3v) is 3.16. The molecule has 17 heavy (non-hydrogen) atoms.